The van der Waals surface area contributed by atoms with Crippen molar-refractivity contribution in [3.05, 3.63) is 62.7 Å². The minimum atomic E-state index is -0.695. The van der Waals surface area contributed by atoms with Crippen molar-refractivity contribution in [1.29, 1.82) is 0 Å². The van der Waals surface area contributed by atoms with Crippen LogP contribution in [0.25, 0.3) is 0 Å². The summed E-state index contributed by atoms with van der Waals surface area (Å²) in [5, 5.41) is 12.9. The molecule has 0 fully saturated rings. The van der Waals surface area contributed by atoms with Crippen LogP contribution in [0.4, 0.5) is 11.4 Å². The van der Waals surface area contributed by atoms with E-state index < -0.39 is 11.8 Å². The van der Waals surface area contributed by atoms with Gasteiger partial charge >= 0.3 is 0 Å². The highest BCUT2D eigenvalue weighted by molar-refractivity contribution is 6.53. The summed E-state index contributed by atoms with van der Waals surface area (Å²) in [6, 6.07) is 9.18. The molecule has 0 aromatic heterocycles. The van der Waals surface area contributed by atoms with E-state index in [1.807, 2.05) is 6.92 Å². The van der Waals surface area contributed by atoms with Gasteiger partial charge in [-0.15, -0.1) is 0 Å². The maximum Gasteiger partial charge on any atom is 0.283 e. The molecule has 2 N–H and O–H groups in total. The second kappa shape index (κ2) is 6.59. The number of hydrogen-bond donors (Lipinski definition) is 2. The predicted molar refractivity (Wildman–Crippen MR) is 98.3 cm³/mol. The molecule has 0 saturated carbocycles. The number of phenols is 1. The molecule has 1 aliphatic heterocycles. The van der Waals surface area contributed by atoms with E-state index in [9.17, 15) is 14.7 Å². The highest BCUT2D eigenvalue weighted by Crippen LogP contribution is 2.35. The van der Waals surface area contributed by atoms with Gasteiger partial charge in [-0.25, -0.2) is 4.90 Å². The molecule has 0 radical (unpaired) electrons. The summed E-state index contributed by atoms with van der Waals surface area (Å²) < 4.78 is 0. The van der Waals surface area contributed by atoms with Gasteiger partial charge in [0.15, 0.2) is 0 Å². The quantitative estimate of drug-likeness (QED) is 0.593. The molecule has 0 aliphatic carbocycles. The number of amides is 2. The maximum absolute atomic E-state index is 12.7. The first-order chi connectivity index (χ1) is 11.8. The third kappa shape index (κ3) is 3.18. The summed E-state index contributed by atoms with van der Waals surface area (Å²) in [5.41, 5.74) is 1.24. The Balaban J connectivity index is 1.96. The van der Waals surface area contributed by atoms with Crippen LogP contribution < -0.4 is 10.2 Å². The average Bonchev–Trinajstić information content (AvgIpc) is 2.77. The molecule has 2 amide bonds. The van der Waals surface area contributed by atoms with E-state index in [4.69, 9.17) is 34.8 Å². The molecular weight excluding hydrogens is 387 g/mol. The first kappa shape index (κ1) is 17.6. The van der Waals surface area contributed by atoms with Crippen LogP contribution in [0.1, 0.15) is 5.56 Å². The normalized spacial score (nSPS) is 14.5. The molecule has 0 atom stereocenters. The Morgan fingerprint density at radius 1 is 0.960 bits per heavy atom. The number of aromatic hydroxyl groups is 1. The summed E-state index contributed by atoms with van der Waals surface area (Å²) in [6.07, 6.45) is 0. The van der Waals surface area contributed by atoms with E-state index in [0.717, 1.165) is 10.5 Å². The molecule has 128 valence electrons. The van der Waals surface area contributed by atoms with Gasteiger partial charge in [-0.3, -0.25) is 9.59 Å². The molecular formula is C17H11Cl3N2O3. The summed E-state index contributed by atoms with van der Waals surface area (Å²) in [7, 11) is 0. The fourth-order valence-electron chi connectivity index (χ4n) is 2.35. The number of halogens is 3. The molecule has 1 aliphatic rings. The van der Waals surface area contributed by atoms with E-state index >= 15 is 0 Å². The van der Waals surface area contributed by atoms with Crippen molar-refractivity contribution < 1.29 is 14.7 Å². The standard InChI is InChI=1S/C17H11Cl3N2O3/c1-8-2-5-13(23)12(6-8)21-15-14(20)16(24)22(17(15)25)9-3-4-10(18)11(19)7-9/h2-7,21,23H,1H3. The zero-order valence-electron chi connectivity index (χ0n) is 12.8. The number of carbonyl (C=O) groups is 2. The van der Waals surface area contributed by atoms with E-state index in [0.29, 0.717) is 5.02 Å². The molecule has 2 aromatic rings. The highest BCUT2D eigenvalue weighted by atomic mass is 35.5. The smallest absolute Gasteiger partial charge is 0.283 e. The lowest BCUT2D eigenvalue weighted by Crippen LogP contribution is -2.32. The van der Waals surface area contributed by atoms with Crippen LogP contribution >= 0.6 is 34.8 Å². The maximum atomic E-state index is 12.7. The van der Waals surface area contributed by atoms with Crippen LogP contribution in [0.2, 0.25) is 10.0 Å². The Morgan fingerprint density at radius 2 is 1.68 bits per heavy atom. The van der Waals surface area contributed by atoms with E-state index in [-0.39, 0.29) is 32.9 Å². The van der Waals surface area contributed by atoms with Gasteiger partial charge in [0.1, 0.15) is 16.5 Å². The Labute approximate surface area is 158 Å². The lowest BCUT2D eigenvalue weighted by atomic mass is 10.2. The van der Waals surface area contributed by atoms with Crippen LogP contribution in [0.15, 0.2) is 47.1 Å². The summed E-state index contributed by atoms with van der Waals surface area (Å²) in [6.45, 7) is 1.82. The number of benzene rings is 2. The number of hydrogen-bond acceptors (Lipinski definition) is 4. The van der Waals surface area contributed by atoms with Gasteiger partial charge in [-0.1, -0.05) is 40.9 Å². The number of nitrogens with one attached hydrogen (secondary N) is 1. The molecule has 0 saturated heterocycles. The third-order valence-corrected chi connectivity index (χ3v) is 4.69. The van der Waals surface area contributed by atoms with Crippen LogP contribution in [0.5, 0.6) is 5.75 Å². The number of aryl methyl sites for hydroxylation is 1. The van der Waals surface area contributed by atoms with E-state index in [1.54, 1.807) is 12.1 Å². The van der Waals surface area contributed by atoms with Crippen molar-refractivity contribution in [2.75, 3.05) is 10.2 Å². The van der Waals surface area contributed by atoms with Gasteiger partial charge in [0.25, 0.3) is 11.8 Å². The van der Waals surface area contributed by atoms with Crippen LogP contribution in [-0.4, -0.2) is 16.9 Å². The van der Waals surface area contributed by atoms with Gasteiger partial charge in [-0.05, 0) is 42.8 Å². The van der Waals surface area contributed by atoms with E-state index in [2.05, 4.69) is 5.32 Å². The molecule has 25 heavy (non-hydrogen) atoms. The fourth-order valence-corrected chi connectivity index (χ4v) is 2.86. The van der Waals surface area contributed by atoms with Gasteiger partial charge < -0.3 is 10.4 Å². The Hall–Kier alpha value is -2.21. The predicted octanol–water partition coefficient (Wildman–Crippen LogP) is 4.44. The minimum absolute atomic E-state index is 0.0733. The van der Waals surface area contributed by atoms with Crippen LogP contribution in [-0.2, 0) is 9.59 Å². The minimum Gasteiger partial charge on any atom is -0.506 e. The Kier molecular flexibility index (Phi) is 4.64. The monoisotopic (exact) mass is 396 g/mol. The number of rotatable bonds is 3. The largest absolute Gasteiger partial charge is 0.506 e. The summed E-state index contributed by atoms with van der Waals surface area (Å²) in [4.78, 5) is 26.0. The Morgan fingerprint density at radius 3 is 2.36 bits per heavy atom. The van der Waals surface area contributed by atoms with Gasteiger partial charge in [0.2, 0.25) is 0 Å². The number of nitrogens with zero attached hydrogens (tertiary/aromatic N) is 1. The first-order valence-electron chi connectivity index (χ1n) is 7.10. The Bertz CT molecular complexity index is 941. The van der Waals surface area contributed by atoms with Gasteiger partial charge in [0.05, 0.1) is 21.4 Å². The lowest BCUT2D eigenvalue weighted by molar-refractivity contribution is -0.120. The van der Waals surface area contributed by atoms with Crippen molar-refractivity contribution in [3.63, 3.8) is 0 Å². The van der Waals surface area contributed by atoms with Crippen LogP contribution in [0, 0.1) is 6.92 Å². The second-order valence-electron chi connectivity index (χ2n) is 5.38. The van der Waals surface area contributed by atoms with Crippen LogP contribution in [0.3, 0.4) is 0 Å². The molecule has 5 nitrogen and oxygen atoms in total. The molecule has 0 spiro atoms. The van der Waals surface area contributed by atoms with Crippen molar-refractivity contribution >= 4 is 58.0 Å². The molecule has 2 aromatic carbocycles. The second-order valence-corrected chi connectivity index (χ2v) is 6.57. The molecule has 3 rings (SSSR count). The SMILES string of the molecule is Cc1ccc(O)c(NC2=C(Cl)C(=O)N(c3ccc(Cl)c(Cl)c3)C2=O)c1. The third-order valence-electron chi connectivity index (χ3n) is 3.60. The number of phenolic OH excluding ortho intramolecular Hbond substituents is 1. The van der Waals surface area contributed by atoms with Crippen molar-refractivity contribution in [3.8, 4) is 5.75 Å². The molecule has 0 unspecified atom stereocenters. The zero-order valence-corrected chi connectivity index (χ0v) is 15.1. The van der Waals surface area contributed by atoms with Crippen molar-refractivity contribution in [1.82, 2.24) is 0 Å². The van der Waals surface area contributed by atoms with Gasteiger partial charge in [-0.2, -0.15) is 0 Å². The topological polar surface area (TPSA) is 69.6 Å². The summed E-state index contributed by atoms with van der Waals surface area (Å²) >= 11 is 17.9. The van der Waals surface area contributed by atoms with Crippen molar-refractivity contribution in [2.24, 2.45) is 0 Å². The number of imide groups is 1. The average molecular weight is 398 g/mol. The van der Waals surface area contributed by atoms with E-state index in [1.165, 1.54) is 24.3 Å². The molecule has 0 bridgehead atoms. The van der Waals surface area contributed by atoms with Gasteiger partial charge in [0, 0.05) is 0 Å². The zero-order chi connectivity index (χ0) is 18.3. The van der Waals surface area contributed by atoms with Crippen molar-refractivity contribution in [2.45, 2.75) is 6.92 Å². The molecule has 8 heteroatoms. The highest BCUT2D eigenvalue weighted by Gasteiger charge is 2.39. The lowest BCUT2D eigenvalue weighted by Gasteiger charge is -2.16. The number of carbonyl (C=O) groups excluding carboxylic acids is 2. The first-order valence-corrected chi connectivity index (χ1v) is 8.23. The number of anilines is 2. The fraction of sp³-hybridized carbons (Fsp3) is 0.0588. The molecule has 1 heterocycles. The summed E-state index contributed by atoms with van der Waals surface area (Å²) in [5.74, 6) is -1.43.